The Balaban J connectivity index is 1.13. The third kappa shape index (κ3) is 13.7. The molecule has 2 amide bonds. The number of hydrogen-bond acceptors (Lipinski definition) is 8. The van der Waals surface area contributed by atoms with Crippen LogP contribution in [-0.2, 0) is 22.4 Å². The van der Waals surface area contributed by atoms with Crippen molar-refractivity contribution in [3.05, 3.63) is 103 Å². The second-order valence-corrected chi connectivity index (χ2v) is 28.3. The number of carbonyl (C=O) groups is 2. The molecule has 4 nitrogen and oxygen atoms in total. The monoisotopic (exact) mass is 1080 g/mol. The fourth-order valence-electron chi connectivity index (χ4n) is 10.2. The van der Waals surface area contributed by atoms with E-state index in [1.165, 1.54) is 126 Å². The molecule has 6 aromatic rings. The Kier molecular flexibility index (Phi) is 20.1. The Morgan fingerprint density at radius 2 is 0.681 bits per heavy atom. The molecule has 0 bridgehead atoms. The van der Waals surface area contributed by atoms with Crippen LogP contribution >= 0.6 is 68.0 Å². The Morgan fingerprint density at radius 3 is 1.03 bits per heavy atom. The lowest BCUT2D eigenvalue weighted by atomic mass is 9.97. The van der Waals surface area contributed by atoms with Crippen molar-refractivity contribution in [1.29, 1.82) is 0 Å². The fraction of sp³-hybridized carbons (Fsp3) is 0.516. The van der Waals surface area contributed by atoms with E-state index in [9.17, 15) is 0 Å². The van der Waals surface area contributed by atoms with E-state index >= 15 is 9.59 Å². The maximum atomic E-state index is 15.4. The van der Waals surface area contributed by atoms with E-state index in [1.807, 2.05) is 55.1 Å². The van der Waals surface area contributed by atoms with Gasteiger partial charge in [-0.25, -0.2) is 0 Å². The Labute approximate surface area is 457 Å². The molecule has 2 aliphatic heterocycles. The fourth-order valence-corrected chi connectivity index (χ4v) is 16.8. The first kappa shape index (κ1) is 54.9. The summed E-state index contributed by atoms with van der Waals surface area (Å²) in [6.07, 6.45) is 21.5. The lowest BCUT2D eigenvalue weighted by Gasteiger charge is -2.26. The number of aryl methyl sites for hydroxylation is 2. The minimum Gasteiger partial charge on any atom is -0.306 e. The molecule has 8 heterocycles. The lowest BCUT2D eigenvalue weighted by Crippen LogP contribution is -2.31. The zero-order chi connectivity index (χ0) is 50.7. The van der Waals surface area contributed by atoms with Crippen LogP contribution in [0.3, 0.4) is 0 Å². The van der Waals surface area contributed by atoms with Gasteiger partial charge in [0.15, 0.2) is 0 Å². The maximum absolute atomic E-state index is 15.4. The van der Waals surface area contributed by atoms with Gasteiger partial charge >= 0.3 is 0 Å². The van der Waals surface area contributed by atoms with Crippen LogP contribution in [0, 0.1) is 23.7 Å². The normalized spacial score (nSPS) is 15.0. The smallest absolute Gasteiger partial charge is 0.261 e. The molecular formula is C62H80N2O2S6. The number of nitrogens with zero attached hydrogens (tertiary/aromatic N) is 2. The molecule has 0 radical (unpaired) electrons. The Bertz CT molecular complexity index is 2570. The summed E-state index contributed by atoms with van der Waals surface area (Å²) in [6, 6.07) is 27.1. The summed E-state index contributed by atoms with van der Waals surface area (Å²) >= 11 is 11.0. The minimum atomic E-state index is -0.0154. The van der Waals surface area contributed by atoms with Crippen LogP contribution in [0.2, 0.25) is 0 Å². The maximum Gasteiger partial charge on any atom is 0.261 e. The second-order valence-electron chi connectivity index (χ2n) is 21.6. The molecule has 0 N–H and O–H groups in total. The van der Waals surface area contributed by atoms with Crippen LogP contribution in [0.4, 0.5) is 0 Å². The highest BCUT2D eigenvalue weighted by atomic mass is 32.1. The highest BCUT2D eigenvalue weighted by Crippen LogP contribution is 2.51. The van der Waals surface area contributed by atoms with Crippen molar-refractivity contribution in [2.24, 2.45) is 23.7 Å². The van der Waals surface area contributed by atoms with Crippen molar-refractivity contribution in [3.8, 4) is 39.0 Å². The molecule has 2 aliphatic rings. The third-order valence-corrected chi connectivity index (χ3v) is 22.0. The van der Waals surface area contributed by atoms with E-state index in [4.69, 9.17) is 0 Å². The quantitative estimate of drug-likeness (QED) is 0.0422. The first-order valence-electron chi connectivity index (χ1n) is 27.6. The Morgan fingerprint density at radius 1 is 0.361 bits per heavy atom. The summed E-state index contributed by atoms with van der Waals surface area (Å²) in [4.78, 5) is 49.9. The first-order chi connectivity index (χ1) is 34.9. The standard InChI is InChI=1S/C62H80N2O2S6/c1-9-11-13-15-23-45-25-27-47(67-45)49-29-31-51(69-49)53-33-35-55(71-53)59-57-58(62(66)63(59)39-37-43(7)21-17-19-41(3)4)60(64(61(57)65)40-38-44(8)22-18-20-42(5)6)56-36-34-54(72-56)52-32-30-50(70-52)48-28-26-46(68-48)24-16-14-12-10-2/h25-36,41-44H,9-24,37-40H2,1-8H3/t43-,44-/m0/s1. The van der Waals surface area contributed by atoms with Crippen molar-refractivity contribution in [2.75, 3.05) is 13.1 Å². The summed E-state index contributed by atoms with van der Waals surface area (Å²) in [7, 11) is 0. The topological polar surface area (TPSA) is 40.6 Å². The van der Waals surface area contributed by atoms with Crippen molar-refractivity contribution in [3.63, 3.8) is 0 Å². The highest BCUT2D eigenvalue weighted by Gasteiger charge is 2.49. The molecule has 6 aromatic heterocycles. The van der Waals surface area contributed by atoms with Gasteiger partial charge in [0.25, 0.3) is 11.8 Å². The van der Waals surface area contributed by atoms with Crippen LogP contribution in [0.1, 0.15) is 178 Å². The zero-order valence-corrected chi connectivity index (χ0v) is 49.4. The van der Waals surface area contributed by atoms with Crippen LogP contribution < -0.4 is 0 Å². The van der Waals surface area contributed by atoms with Crippen LogP contribution in [0.15, 0.2) is 83.9 Å². The van der Waals surface area contributed by atoms with Crippen molar-refractivity contribution < 1.29 is 9.59 Å². The van der Waals surface area contributed by atoms with Crippen molar-refractivity contribution in [1.82, 2.24) is 9.80 Å². The number of thiophene rings is 6. The lowest BCUT2D eigenvalue weighted by molar-refractivity contribution is -0.124. The summed E-state index contributed by atoms with van der Waals surface area (Å²) in [6.45, 7) is 19.6. The molecular weight excluding hydrogens is 997 g/mol. The SMILES string of the molecule is CCCCCCc1ccc(-c2ccc(-c3ccc(C4=C5C(=O)N(CC[C@@H](C)CCCC(C)C)C(c6ccc(-c7ccc(-c8ccc(CCCCCC)s8)s7)s6)=C5C(=O)N4CC[C@@H](C)CCCC(C)C)s3)s2)s1. The highest BCUT2D eigenvalue weighted by molar-refractivity contribution is 7.27. The third-order valence-electron chi connectivity index (χ3n) is 14.6. The van der Waals surface area contributed by atoms with Gasteiger partial charge in [-0.3, -0.25) is 9.59 Å². The Hall–Kier alpha value is -3.38. The van der Waals surface area contributed by atoms with Gasteiger partial charge in [0.1, 0.15) is 0 Å². The van der Waals surface area contributed by atoms with Gasteiger partial charge in [0.2, 0.25) is 0 Å². The molecule has 0 saturated carbocycles. The van der Waals surface area contributed by atoms with Crippen molar-refractivity contribution in [2.45, 2.75) is 171 Å². The van der Waals surface area contributed by atoms with Gasteiger partial charge in [0, 0.05) is 61.9 Å². The van der Waals surface area contributed by atoms with E-state index < -0.39 is 0 Å². The predicted molar refractivity (Wildman–Crippen MR) is 320 cm³/mol. The van der Waals surface area contributed by atoms with Crippen LogP contribution in [0.25, 0.3) is 50.4 Å². The van der Waals surface area contributed by atoms with Gasteiger partial charge in [-0.15, -0.1) is 68.0 Å². The summed E-state index contributed by atoms with van der Waals surface area (Å²) in [5, 5.41) is 0. The molecule has 72 heavy (non-hydrogen) atoms. The minimum absolute atomic E-state index is 0.0154. The van der Waals surface area contributed by atoms with Gasteiger partial charge in [-0.1, -0.05) is 132 Å². The van der Waals surface area contributed by atoms with E-state index in [0.717, 1.165) is 59.7 Å². The van der Waals surface area contributed by atoms with E-state index in [2.05, 4.69) is 128 Å². The molecule has 386 valence electrons. The van der Waals surface area contributed by atoms with E-state index in [0.29, 0.717) is 47.9 Å². The molecule has 8 rings (SSSR count). The molecule has 0 saturated heterocycles. The molecule has 0 unspecified atom stereocenters. The first-order valence-corrected chi connectivity index (χ1v) is 32.5. The largest absolute Gasteiger partial charge is 0.306 e. The van der Waals surface area contributed by atoms with Gasteiger partial charge < -0.3 is 9.80 Å². The van der Waals surface area contributed by atoms with Crippen LogP contribution in [0.5, 0.6) is 0 Å². The second kappa shape index (κ2) is 26.4. The zero-order valence-electron chi connectivity index (χ0n) is 44.5. The average Bonchev–Trinajstić information content (AvgIpc) is 4.21. The van der Waals surface area contributed by atoms with Gasteiger partial charge in [-0.05, 0) is 135 Å². The number of carbonyl (C=O) groups excluding carboxylic acids is 2. The van der Waals surface area contributed by atoms with E-state index in [-0.39, 0.29) is 11.8 Å². The van der Waals surface area contributed by atoms with Crippen molar-refractivity contribution >= 4 is 91.2 Å². The predicted octanol–water partition coefficient (Wildman–Crippen LogP) is 20.5. The number of amides is 2. The summed E-state index contributed by atoms with van der Waals surface area (Å²) in [5.41, 5.74) is 2.85. The molecule has 0 aromatic carbocycles. The molecule has 10 heteroatoms. The number of hydrogen-bond donors (Lipinski definition) is 0. The number of fused-ring (bicyclic) bond motifs is 1. The summed E-state index contributed by atoms with van der Waals surface area (Å²) in [5.74, 6) is 2.28. The van der Waals surface area contributed by atoms with Gasteiger partial charge in [-0.2, -0.15) is 0 Å². The number of rotatable bonds is 30. The molecule has 0 fully saturated rings. The molecule has 2 atom stereocenters. The average molecular weight is 1080 g/mol. The van der Waals surface area contributed by atoms with Crippen LogP contribution in [-0.4, -0.2) is 34.7 Å². The molecule has 0 spiro atoms. The molecule has 0 aliphatic carbocycles. The van der Waals surface area contributed by atoms with E-state index in [1.54, 1.807) is 22.7 Å². The number of unbranched alkanes of at least 4 members (excludes halogenated alkanes) is 6. The van der Waals surface area contributed by atoms with Gasteiger partial charge in [0.05, 0.1) is 32.3 Å². The summed E-state index contributed by atoms with van der Waals surface area (Å²) < 4.78 is 0.